The monoisotopic (exact) mass is 421 g/mol. The van der Waals surface area contributed by atoms with E-state index in [9.17, 15) is 31.1 Å². The average molecular weight is 421 g/mol. The molecule has 1 amide bonds. The van der Waals surface area contributed by atoms with Crippen molar-refractivity contribution < 1.29 is 31.1 Å². The molecule has 1 unspecified atom stereocenters. The lowest BCUT2D eigenvalue weighted by molar-refractivity contribution is -0.148. The summed E-state index contributed by atoms with van der Waals surface area (Å²) in [6.45, 7) is 1.11. The maximum atomic E-state index is 13.8. The molecule has 0 radical (unpaired) electrons. The average Bonchev–Trinajstić information content (AvgIpc) is 3.02. The Kier molecular flexibility index (Phi) is 5.32. The first kappa shape index (κ1) is 21.1. The summed E-state index contributed by atoms with van der Waals surface area (Å²) >= 11 is 0. The molecule has 158 valence electrons. The van der Waals surface area contributed by atoms with E-state index in [0.717, 1.165) is 4.57 Å². The predicted octanol–water partition coefficient (Wildman–Crippen LogP) is 2.41. The number of carbonyl (C=O) groups excluding carboxylic acids is 1. The van der Waals surface area contributed by atoms with Gasteiger partial charge in [0, 0.05) is 31.1 Å². The van der Waals surface area contributed by atoms with Gasteiger partial charge in [0.2, 0.25) is 11.7 Å². The zero-order valence-electron chi connectivity index (χ0n) is 15.2. The summed E-state index contributed by atoms with van der Waals surface area (Å²) in [4.78, 5) is 13.8. The summed E-state index contributed by atoms with van der Waals surface area (Å²) in [6.07, 6.45) is -5.18. The van der Waals surface area contributed by atoms with Crippen molar-refractivity contribution in [3.05, 3.63) is 46.8 Å². The Morgan fingerprint density at radius 3 is 2.41 bits per heavy atom. The van der Waals surface area contributed by atoms with E-state index in [2.05, 4.69) is 10.2 Å². The van der Waals surface area contributed by atoms with Gasteiger partial charge in [-0.3, -0.25) is 4.79 Å². The number of nitrogens with zero attached hydrogens (tertiary/aromatic N) is 4. The Morgan fingerprint density at radius 2 is 1.76 bits per heavy atom. The van der Waals surface area contributed by atoms with Gasteiger partial charge < -0.3 is 15.2 Å². The highest BCUT2D eigenvalue weighted by Crippen LogP contribution is 2.30. The molecule has 0 fully saturated rings. The van der Waals surface area contributed by atoms with Crippen LogP contribution < -0.4 is 5.73 Å². The van der Waals surface area contributed by atoms with Crippen molar-refractivity contribution in [2.45, 2.75) is 44.6 Å². The largest absolute Gasteiger partial charge is 0.451 e. The number of nitrogens with two attached hydrogens (primary N) is 1. The van der Waals surface area contributed by atoms with Crippen molar-refractivity contribution in [3.63, 3.8) is 0 Å². The van der Waals surface area contributed by atoms with Gasteiger partial charge in [-0.2, -0.15) is 13.2 Å². The number of aromatic nitrogens is 3. The molecular formula is C17H17F6N5O. The second kappa shape index (κ2) is 7.32. The molecule has 0 aliphatic carbocycles. The first-order valence-electron chi connectivity index (χ1n) is 8.57. The van der Waals surface area contributed by atoms with Crippen molar-refractivity contribution in [3.8, 4) is 0 Å². The van der Waals surface area contributed by atoms with Crippen molar-refractivity contribution >= 4 is 5.91 Å². The van der Waals surface area contributed by atoms with Crippen LogP contribution >= 0.6 is 0 Å². The fourth-order valence-corrected chi connectivity index (χ4v) is 3.23. The van der Waals surface area contributed by atoms with E-state index in [0.29, 0.717) is 12.1 Å². The maximum Gasteiger partial charge on any atom is 0.451 e. The molecular weight excluding hydrogens is 404 g/mol. The SMILES string of the molecule is CC(N)(CC(=O)N1CCn2c(nnc2C(F)(F)F)C1)Cc1cc(F)c(F)cc1F. The second-order valence-electron chi connectivity index (χ2n) is 7.27. The Hall–Kier alpha value is -2.63. The minimum atomic E-state index is -4.65. The third-order valence-corrected chi connectivity index (χ3v) is 4.60. The van der Waals surface area contributed by atoms with Crippen LogP contribution in [0.5, 0.6) is 0 Å². The fraction of sp³-hybridized carbons (Fsp3) is 0.471. The van der Waals surface area contributed by atoms with Crippen LogP contribution in [0.4, 0.5) is 26.3 Å². The van der Waals surface area contributed by atoms with Crippen molar-refractivity contribution in [2.24, 2.45) is 5.73 Å². The highest BCUT2D eigenvalue weighted by atomic mass is 19.4. The van der Waals surface area contributed by atoms with Crippen LogP contribution in [0.3, 0.4) is 0 Å². The van der Waals surface area contributed by atoms with E-state index >= 15 is 0 Å². The van der Waals surface area contributed by atoms with Gasteiger partial charge in [0.15, 0.2) is 17.5 Å². The lowest BCUT2D eigenvalue weighted by Gasteiger charge is -2.32. The molecule has 12 heteroatoms. The molecule has 29 heavy (non-hydrogen) atoms. The first-order chi connectivity index (χ1) is 13.4. The molecule has 0 saturated heterocycles. The molecule has 0 saturated carbocycles. The van der Waals surface area contributed by atoms with Crippen LogP contribution in [-0.4, -0.2) is 37.7 Å². The predicted molar refractivity (Wildman–Crippen MR) is 87.7 cm³/mol. The van der Waals surface area contributed by atoms with Gasteiger partial charge in [0.05, 0.1) is 6.54 Å². The number of carbonyl (C=O) groups is 1. The van der Waals surface area contributed by atoms with Crippen molar-refractivity contribution in [1.29, 1.82) is 0 Å². The van der Waals surface area contributed by atoms with Gasteiger partial charge in [-0.15, -0.1) is 10.2 Å². The zero-order valence-corrected chi connectivity index (χ0v) is 15.2. The summed E-state index contributed by atoms with van der Waals surface area (Å²) in [5.41, 5.74) is 4.57. The van der Waals surface area contributed by atoms with E-state index in [4.69, 9.17) is 5.73 Å². The summed E-state index contributed by atoms with van der Waals surface area (Å²) in [6, 6.07) is 1.08. The first-order valence-corrected chi connectivity index (χ1v) is 8.57. The normalized spacial score (nSPS) is 16.5. The van der Waals surface area contributed by atoms with Crippen LogP contribution in [0.1, 0.15) is 30.6 Å². The van der Waals surface area contributed by atoms with Crippen LogP contribution in [-0.2, 0) is 30.5 Å². The lowest BCUT2D eigenvalue weighted by Crippen LogP contribution is -2.47. The summed E-state index contributed by atoms with van der Waals surface area (Å²) < 4.78 is 79.8. The zero-order chi connectivity index (χ0) is 21.6. The molecule has 0 bridgehead atoms. The third-order valence-electron chi connectivity index (χ3n) is 4.60. The minimum absolute atomic E-state index is 0.0113. The highest BCUT2D eigenvalue weighted by Gasteiger charge is 2.40. The van der Waals surface area contributed by atoms with E-state index in [1.54, 1.807) is 0 Å². The molecule has 1 aromatic carbocycles. The van der Waals surface area contributed by atoms with Crippen molar-refractivity contribution in [1.82, 2.24) is 19.7 Å². The van der Waals surface area contributed by atoms with Gasteiger partial charge in [-0.25, -0.2) is 13.2 Å². The molecule has 1 aromatic heterocycles. The van der Waals surface area contributed by atoms with Crippen LogP contribution in [0.2, 0.25) is 0 Å². The molecule has 2 N–H and O–H groups in total. The van der Waals surface area contributed by atoms with Gasteiger partial charge in [-0.1, -0.05) is 0 Å². The van der Waals surface area contributed by atoms with Gasteiger partial charge in [0.1, 0.15) is 5.82 Å². The molecule has 0 spiro atoms. The standard InChI is InChI=1S/C17H17F6N5O/c1-16(24,6-9-4-11(19)12(20)5-10(9)18)7-14(29)27-2-3-28-13(8-27)25-26-15(28)17(21,22)23/h4-5H,2-3,6-8,24H2,1H3. The summed E-state index contributed by atoms with van der Waals surface area (Å²) in [5, 5.41) is 6.63. The van der Waals surface area contributed by atoms with Gasteiger partial charge >= 0.3 is 6.18 Å². The van der Waals surface area contributed by atoms with Crippen molar-refractivity contribution in [2.75, 3.05) is 6.54 Å². The topological polar surface area (TPSA) is 77.0 Å². The molecule has 3 rings (SSSR count). The Labute approximate surface area is 161 Å². The highest BCUT2D eigenvalue weighted by molar-refractivity contribution is 5.77. The van der Waals surface area contributed by atoms with Crippen LogP contribution in [0.15, 0.2) is 12.1 Å². The van der Waals surface area contributed by atoms with E-state index in [-0.39, 0.29) is 43.9 Å². The van der Waals surface area contributed by atoms with E-state index < -0.39 is 40.9 Å². The number of alkyl halides is 3. The number of hydrogen-bond donors (Lipinski definition) is 1. The van der Waals surface area contributed by atoms with E-state index in [1.165, 1.54) is 11.8 Å². The lowest BCUT2D eigenvalue weighted by atomic mass is 9.89. The molecule has 1 atom stereocenters. The Bertz CT molecular complexity index is 939. The number of benzene rings is 1. The second-order valence-corrected chi connectivity index (χ2v) is 7.27. The van der Waals surface area contributed by atoms with Crippen LogP contribution in [0.25, 0.3) is 0 Å². The Balaban J connectivity index is 1.69. The fourth-order valence-electron chi connectivity index (χ4n) is 3.23. The number of fused-ring (bicyclic) bond motifs is 1. The van der Waals surface area contributed by atoms with Gasteiger partial charge in [-0.05, 0) is 25.0 Å². The number of rotatable bonds is 4. The molecule has 2 heterocycles. The Morgan fingerprint density at radius 1 is 1.10 bits per heavy atom. The summed E-state index contributed by atoms with van der Waals surface area (Å²) in [5.74, 6) is -5.19. The maximum absolute atomic E-state index is 13.8. The summed E-state index contributed by atoms with van der Waals surface area (Å²) in [7, 11) is 0. The van der Waals surface area contributed by atoms with E-state index in [1.807, 2.05) is 0 Å². The number of amides is 1. The number of hydrogen-bond acceptors (Lipinski definition) is 4. The molecule has 6 nitrogen and oxygen atoms in total. The smallest absolute Gasteiger partial charge is 0.333 e. The third kappa shape index (κ3) is 4.52. The quantitative estimate of drug-likeness (QED) is 0.608. The van der Waals surface area contributed by atoms with Gasteiger partial charge in [0.25, 0.3) is 0 Å². The molecule has 2 aromatic rings. The number of halogens is 6. The molecule has 1 aliphatic heterocycles. The minimum Gasteiger partial charge on any atom is -0.333 e. The van der Waals surface area contributed by atoms with Crippen LogP contribution in [0, 0.1) is 17.5 Å². The molecule has 1 aliphatic rings.